The van der Waals surface area contributed by atoms with Crippen molar-refractivity contribution in [3.63, 3.8) is 0 Å². The van der Waals surface area contributed by atoms with Gasteiger partial charge in [0.2, 0.25) is 5.91 Å². The van der Waals surface area contributed by atoms with Gasteiger partial charge in [-0.3, -0.25) is 9.69 Å². The third-order valence-electron chi connectivity index (χ3n) is 3.98. The second kappa shape index (κ2) is 11.7. The molecule has 6 heteroatoms. The van der Waals surface area contributed by atoms with E-state index in [1.54, 1.807) is 6.92 Å². The van der Waals surface area contributed by atoms with Crippen LogP contribution in [0.3, 0.4) is 0 Å². The van der Waals surface area contributed by atoms with Gasteiger partial charge in [-0.1, -0.05) is 37.1 Å². The van der Waals surface area contributed by atoms with Gasteiger partial charge in [-0.2, -0.15) is 0 Å². The van der Waals surface area contributed by atoms with E-state index < -0.39 is 6.04 Å². The molecule has 2 rings (SSSR count). The summed E-state index contributed by atoms with van der Waals surface area (Å²) in [6, 6.07) is 8.02. The van der Waals surface area contributed by atoms with Crippen LogP contribution in [0.15, 0.2) is 24.3 Å². The van der Waals surface area contributed by atoms with Crippen molar-refractivity contribution in [2.75, 3.05) is 13.1 Å². The first-order chi connectivity index (χ1) is 10.1. The highest BCUT2D eigenvalue weighted by molar-refractivity contribution is 5.85. The zero-order chi connectivity index (χ0) is 15.1. The van der Waals surface area contributed by atoms with Crippen molar-refractivity contribution in [1.82, 2.24) is 10.2 Å². The van der Waals surface area contributed by atoms with Crippen molar-refractivity contribution < 1.29 is 4.79 Å². The zero-order valence-electron chi connectivity index (χ0n) is 13.8. The summed E-state index contributed by atoms with van der Waals surface area (Å²) < 4.78 is 0. The summed E-state index contributed by atoms with van der Waals surface area (Å²) in [5, 5.41) is 2.86. The molecule has 1 heterocycles. The topological polar surface area (TPSA) is 58.4 Å². The van der Waals surface area contributed by atoms with Crippen LogP contribution in [0.1, 0.15) is 43.7 Å². The van der Waals surface area contributed by atoms with E-state index in [1.165, 1.54) is 44.3 Å². The number of carbonyl (C=O) groups is 1. The van der Waals surface area contributed by atoms with Gasteiger partial charge < -0.3 is 11.1 Å². The second-order valence-corrected chi connectivity index (χ2v) is 6.02. The van der Waals surface area contributed by atoms with E-state index in [0.717, 1.165) is 12.1 Å². The molecule has 23 heavy (non-hydrogen) atoms. The standard InChI is InChI=1S/C17H27N3O.2ClH/c1-14(18)17(21)19-12-15-7-6-8-16(11-15)13-20-9-4-2-3-5-10-20;;/h6-8,11,14H,2-5,9-10,12-13,18H2,1H3,(H,19,21);2*1H/t14-;;/m1../s1. The minimum atomic E-state index is -0.453. The Labute approximate surface area is 152 Å². The van der Waals surface area contributed by atoms with Gasteiger partial charge in [0, 0.05) is 13.1 Å². The number of hydrogen-bond donors (Lipinski definition) is 2. The fourth-order valence-corrected chi connectivity index (χ4v) is 2.74. The Morgan fingerprint density at radius 2 is 1.78 bits per heavy atom. The van der Waals surface area contributed by atoms with Crippen LogP contribution >= 0.6 is 24.8 Å². The van der Waals surface area contributed by atoms with Crippen molar-refractivity contribution in [2.45, 2.75) is 51.7 Å². The summed E-state index contributed by atoms with van der Waals surface area (Å²) in [7, 11) is 0. The SMILES string of the molecule is C[C@@H](N)C(=O)NCc1cccc(CN2CCCCCC2)c1.Cl.Cl. The minimum absolute atomic E-state index is 0. The van der Waals surface area contributed by atoms with Crippen LogP contribution in [0.25, 0.3) is 0 Å². The van der Waals surface area contributed by atoms with Gasteiger partial charge >= 0.3 is 0 Å². The van der Waals surface area contributed by atoms with E-state index in [-0.39, 0.29) is 30.7 Å². The normalized spacial score (nSPS) is 16.4. The number of nitrogens with one attached hydrogen (secondary N) is 1. The molecule has 1 aliphatic rings. The number of nitrogens with two attached hydrogens (primary N) is 1. The molecular weight excluding hydrogens is 333 g/mol. The molecule has 132 valence electrons. The number of benzene rings is 1. The fourth-order valence-electron chi connectivity index (χ4n) is 2.74. The number of rotatable bonds is 5. The largest absolute Gasteiger partial charge is 0.351 e. The van der Waals surface area contributed by atoms with Gasteiger partial charge in [0.1, 0.15) is 0 Å². The number of amides is 1. The van der Waals surface area contributed by atoms with Crippen LogP contribution in [0.2, 0.25) is 0 Å². The molecule has 0 aliphatic carbocycles. The van der Waals surface area contributed by atoms with E-state index in [9.17, 15) is 4.79 Å². The van der Waals surface area contributed by atoms with E-state index in [0.29, 0.717) is 6.54 Å². The number of nitrogens with zero attached hydrogens (tertiary/aromatic N) is 1. The van der Waals surface area contributed by atoms with Crippen LogP contribution < -0.4 is 11.1 Å². The van der Waals surface area contributed by atoms with Crippen LogP contribution in [-0.2, 0) is 17.9 Å². The third kappa shape index (κ3) is 8.02. The second-order valence-electron chi connectivity index (χ2n) is 6.02. The first-order valence-electron chi connectivity index (χ1n) is 7.98. The van der Waals surface area contributed by atoms with E-state index in [2.05, 4.69) is 28.4 Å². The Morgan fingerprint density at radius 1 is 1.17 bits per heavy atom. The highest BCUT2D eigenvalue weighted by Gasteiger charge is 2.10. The molecule has 1 amide bonds. The number of likely N-dealkylation sites (tertiary alicyclic amines) is 1. The molecule has 0 bridgehead atoms. The lowest BCUT2D eigenvalue weighted by Crippen LogP contribution is -2.37. The number of carbonyl (C=O) groups excluding carboxylic acids is 1. The molecular formula is C17H29Cl2N3O. The maximum atomic E-state index is 11.5. The van der Waals surface area contributed by atoms with Crippen molar-refractivity contribution in [3.8, 4) is 0 Å². The maximum Gasteiger partial charge on any atom is 0.236 e. The van der Waals surface area contributed by atoms with Crippen molar-refractivity contribution in [1.29, 1.82) is 0 Å². The molecule has 3 N–H and O–H groups in total. The lowest BCUT2D eigenvalue weighted by molar-refractivity contribution is -0.122. The van der Waals surface area contributed by atoms with E-state index in [1.807, 2.05) is 6.07 Å². The van der Waals surface area contributed by atoms with Crippen LogP contribution in [0, 0.1) is 0 Å². The van der Waals surface area contributed by atoms with Gasteiger partial charge in [-0.25, -0.2) is 0 Å². The Hall–Kier alpha value is -0.810. The maximum absolute atomic E-state index is 11.5. The summed E-state index contributed by atoms with van der Waals surface area (Å²) in [5.41, 5.74) is 8.01. The average Bonchev–Trinajstić information content (AvgIpc) is 2.73. The lowest BCUT2D eigenvalue weighted by atomic mass is 10.1. The summed E-state index contributed by atoms with van der Waals surface area (Å²) in [5.74, 6) is -0.104. The van der Waals surface area contributed by atoms with Gasteiger partial charge in [0.25, 0.3) is 0 Å². The molecule has 1 aromatic rings. The van der Waals surface area contributed by atoms with Crippen molar-refractivity contribution >= 4 is 30.7 Å². The van der Waals surface area contributed by atoms with Gasteiger partial charge in [0.15, 0.2) is 0 Å². The van der Waals surface area contributed by atoms with E-state index >= 15 is 0 Å². The summed E-state index contributed by atoms with van der Waals surface area (Å²) in [6.45, 7) is 5.66. The van der Waals surface area contributed by atoms with Gasteiger partial charge in [-0.15, -0.1) is 24.8 Å². The quantitative estimate of drug-likeness (QED) is 0.847. The molecule has 0 spiro atoms. The summed E-state index contributed by atoms with van der Waals surface area (Å²) >= 11 is 0. The molecule has 0 saturated carbocycles. The third-order valence-corrected chi connectivity index (χ3v) is 3.98. The fraction of sp³-hybridized carbons (Fsp3) is 0.588. The zero-order valence-corrected chi connectivity index (χ0v) is 15.4. The highest BCUT2D eigenvalue weighted by atomic mass is 35.5. The number of hydrogen-bond acceptors (Lipinski definition) is 3. The minimum Gasteiger partial charge on any atom is -0.351 e. The predicted octanol–water partition coefficient (Wildman–Crippen LogP) is 2.87. The van der Waals surface area contributed by atoms with Crippen molar-refractivity contribution in [3.05, 3.63) is 35.4 Å². The molecule has 4 nitrogen and oxygen atoms in total. The molecule has 1 saturated heterocycles. The van der Waals surface area contributed by atoms with Crippen LogP contribution in [0.5, 0.6) is 0 Å². The van der Waals surface area contributed by atoms with Crippen LogP contribution in [0.4, 0.5) is 0 Å². The van der Waals surface area contributed by atoms with Gasteiger partial charge in [0.05, 0.1) is 6.04 Å². The summed E-state index contributed by atoms with van der Waals surface area (Å²) in [6.07, 6.45) is 5.34. The van der Waals surface area contributed by atoms with Crippen LogP contribution in [-0.4, -0.2) is 29.9 Å². The smallest absolute Gasteiger partial charge is 0.236 e. The molecule has 1 atom stereocenters. The Balaban J connectivity index is 0.00000242. The average molecular weight is 362 g/mol. The predicted molar refractivity (Wildman–Crippen MR) is 100 cm³/mol. The molecule has 0 radical (unpaired) electrons. The molecule has 1 fully saturated rings. The Morgan fingerprint density at radius 3 is 2.39 bits per heavy atom. The molecule has 1 aliphatic heterocycles. The molecule has 0 unspecified atom stereocenters. The first-order valence-corrected chi connectivity index (χ1v) is 7.98. The Kier molecular flexibility index (Phi) is 11.3. The number of halogens is 2. The monoisotopic (exact) mass is 361 g/mol. The molecule has 1 aromatic carbocycles. The van der Waals surface area contributed by atoms with Crippen molar-refractivity contribution in [2.24, 2.45) is 5.73 Å². The summed E-state index contributed by atoms with van der Waals surface area (Å²) in [4.78, 5) is 14.0. The Bertz CT molecular complexity index is 461. The van der Waals surface area contributed by atoms with Gasteiger partial charge in [-0.05, 0) is 44.0 Å². The van der Waals surface area contributed by atoms with E-state index in [4.69, 9.17) is 5.73 Å². The molecule has 0 aromatic heterocycles. The lowest BCUT2D eigenvalue weighted by Gasteiger charge is -2.20. The highest BCUT2D eigenvalue weighted by Crippen LogP contribution is 2.14. The first kappa shape index (κ1) is 22.2.